The minimum Gasteiger partial charge on any atom is -0.393 e. The quantitative estimate of drug-likeness (QED) is 0.251. The lowest BCUT2D eigenvalue weighted by Crippen LogP contribution is -2.50. The summed E-state index contributed by atoms with van der Waals surface area (Å²) in [5, 5.41) is 20.9. The highest BCUT2D eigenvalue weighted by atomic mass is 16.3. The van der Waals surface area contributed by atoms with Gasteiger partial charge in [-0.3, -0.25) is 19.2 Å². The van der Waals surface area contributed by atoms with Crippen LogP contribution in [0.25, 0.3) is 0 Å². The van der Waals surface area contributed by atoms with Gasteiger partial charge in [0.2, 0.25) is 0 Å². The number of carbonyl (C=O) groups excluding carboxylic acids is 4. The Morgan fingerprint density at radius 2 is 0.923 bits per heavy atom. The molecule has 0 saturated heterocycles. The SMILES string of the molecule is C=C1CC2C(CC[C@@]3(C)C2CC[C@@H]3O)[C@@]2(C)C=CC(=O)C=C12.C=C1CC2C(CC[C@]3(C)C(=O)CCC23)[C@@]2(C)C=CC(=O)C=C12.C[C@]12C=CC(=O)C=C1CCC1C2CC[C@@]2(C)C1CC[C@@H]2O. The Morgan fingerprint density at radius 3 is 1.46 bits per heavy atom. The first-order valence-electron chi connectivity index (χ1n) is 25.8. The molecule has 0 aromatic heterocycles. The van der Waals surface area contributed by atoms with Crippen molar-refractivity contribution >= 4 is 23.1 Å². The van der Waals surface area contributed by atoms with E-state index in [9.17, 15) is 29.4 Å². The number of rotatable bonds is 0. The molecule has 0 aromatic rings. The Labute approximate surface area is 389 Å². The molecule has 0 aliphatic heterocycles. The van der Waals surface area contributed by atoms with Gasteiger partial charge in [-0.15, -0.1) is 0 Å². The average Bonchev–Trinajstić information content (AvgIpc) is 3.87. The molecule has 17 atom stereocenters. The van der Waals surface area contributed by atoms with Crippen LogP contribution >= 0.6 is 0 Å². The van der Waals surface area contributed by atoms with Crippen molar-refractivity contribution in [2.24, 2.45) is 85.8 Å². The number of hydrogen-bond acceptors (Lipinski definition) is 6. The van der Waals surface area contributed by atoms with E-state index in [-0.39, 0.29) is 62.0 Å². The van der Waals surface area contributed by atoms with E-state index in [2.05, 4.69) is 72.9 Å². The van der Waals surface area contributed by atoms with Gasteiger partial charge in [-0.1, -0.05) is 89.6 Å². The standard InChI is InChI=1S/C20H26O2.C20H24O2.C19H26O2/c2*1-12-10-14-15-4-5-18(22)20(15,3)9-7-16(14)19(2)8-6-13(21)11-17(12)19;1-18-9-7-13(20)11-12(18)3-4-14-15-5-6-17(21)19(15,2)10-8-16(14)18/h6,8,11,14-16,18,22H,1,4-5,7,9-10H2,2-3H3;6,8,11,14-16H,1,4-5,7,9-10H2,2-3H3;7,9,11,14-17,21H,3-6,8,10H2,1-2H3/t14?,15?,16?,18-,19+,20-;14?,15?,16?,19-,20+;14?,15?,16?,17-,18-,19-/m010/s1. The monoisotopic (exact) mass is 881 g/mol. The van der Waals surface area contributed by atoms with Crippen molar-refractivity contribution in [2.75, 3.05) is 0 Å². The first kappa shape index (κ1) is 45.3. The number of carbonyl (C=O) groups is 4. The molecule has 6 heteroatoms. The lowest BCUT2D eigenvalue weighted by atomic mass is 9.47. The second-order valence-corrected chi connectivity index (χ2v) is 24.8. The highest BCUT2D eigenvalue weighted by Gasteiger charge is 2.62. The molecule has 9 fully saturated rings. The van der Waals surface area contributed by atoms with Gasteiger partial charge in [0.05, 0.1) is 12.2 Å². The smallest absolute Gasteiger partial charge is 0.178 e. The molecule has 9 saturated carbocycles. The van der Waals surface area contributed by atoms with Gasteiger partial charge >= 0.3 is 0 Å². The molecular weight excluding hydrogens is 805 g/mol. The zero-order valence-corrected chi connectivity index (χ0v) is 40.3. The van der Waals surface area contributed by atoms with Crippen LogP contribution in [0.15, 0.2) is 95.7 Å². The number of allylic oxidation sites excluding steroid dienone is 14. The summed E-state index contributed by atoms with van der Waals surface area (Å²) in [6.45, 7) is 22.3. The first-order chi connectivity index (χ1) is 30.7. The van der Waals surface area contributed by atoms with Crippen molar-refractivity contribution in [3.05, 3.63) is 95.7 Å². The van der Waals surface area contributed by atoms with Gasteiger partial charge in [0.1, 0.15) is 5.78 Å². The summed E-state index contributed by atoms with van der Waals surface area (Å²) in [6, 6.07) is 0. The molecule has 65 heavy (non-hydrogen) atoms. The van der Waals surface area contributed by atoms with E-state index in [1.165, 1.54) is 30.4 Å². The van der Waals surface area contributed by atoms with E-state index in [1.54, 1.807) is 24.3 Å². The molecule has 0 amide bonds. The topological polar surface area (TPSA) is 109 Å². The van der Waals surface area contributed by atoms with E-state index < -0.39 is 0 Å². The molecule has 0 bridgehead atoms. The van der Waals surface area contributed by atoms with Crippen molar-refractivity contribution < 1.29 is 29.4 Å². The van der Waals surface area contributed by atoms with Gasteiger partial charge in [0.25, 0.3) is 0 Å². The fourth-order valence-corrected chi connectivity index (χ4v) is 18.3. The van der Waals surface area contributed by atoms with Crippen LogP contribution in [0.5, 0.6) is 0 Å². The third kappa shape index (κ3) is 6.65. The Balaban J connectivity index is 0.000000115. The summed E-state index contributed by atoms with van der Waals surface area (Å²) in [5.41, 5.74) is 6.05. The molecule has 12 aliphatic rings. The molecule has 0 spiro atoms. The van der Waals surface area contributed by atoms with Crippen molar-refractivity contribution in [1.82, 2.24) is 0 Å². The maximum absolute atomic E-state index is 12.4. The molecule has 0 radical (unpaired) electrons. The first-order valence-corrected chi connectivity index (χ1v) is 25.8. The van der Waals surface area contributed by atoms with Crippen LogP contribution in [-0.4, -0.2) is 45.6 Å². The average molecular weight is 881 g/mol. The van der Waals surface area contributed by atoms with E-state index in [4.69, 9.17) is 0 Å². The maximum atomic E-state index is 12.4. The minimum atomic E-state index is -0.139. The van der Waals surface area contributed by atoms with Crippen LogP contribution in [-0.2, 0) is 19.2 Å². The van der Waals surface area contributed by atoms with Crippen molar-refractivity contribution in [1.29, 1.82) is 0 Å². The molecule has 6 nitrogen and oxygen atoms in total. The third-order valence-corrected chi connectivity index (χ3v) is 22.2. The van der Waals surface area contributed by atoms with E-state index >= 15 is 0 Å². The van der Waals surface area contributed by atoms with Gasteiger partial charge in [-0.25, -0.2) is 0 Å². The molecule has 12 rings (SSSR count). The number of ketones is 4. The lowest BCUT2D eigenvalue weighted by molar-refractivity contribution is -0.131. The zero-order chi connectivity index (χ0) is 46.2. The van der Waals surface area contributed by atoms with Crippen LogP contribution in [0.4, 0.5) is 0 Å². The summed E-state index contributed by atoms with van der Waals surface area (Å²) in [6.07, 6.45) is 34.0. The third-order valence-electron chi connectivity index (χ3n) is 22.2. The Hall–Kier alpha value is -3.48. The molecule has 2 N–H and O–H groups in total. The van der Waals surface area contributed by atoms with Gasteiger partial charge in [-0.05, 0) is 208 Å². The molecule has 0 heterocycles. The molecule has 12 aliphatic carbocycles. The second-order valence-electron chi connectivity index (χ2n) is 24.8. The minimum absolute atomic E-state index is 0.0389. The summed E-state index contributed by atoms with van der Waals surface area (Å²) >= 11 is 0. The van der Waals surface area contributed by atoms with E-state index in [0.29, 0.717) is 53.1 Å². The predicted molar refractivity (Wildman–Crippen MR) is 256 cm³/mol. The number of Topliss-reactive ketones (excluding diaryl/α,β-unsaturated/α-hetero) is 1. The summed E-state index contributed by atoms with van der Waals surface area (Å²) < 4.78 is 0. The zero-order valence-electron chi connectivity index (χ0n) is 40.3. The summed E-state index contributed by atoms with van der Waals surface area (Å²) in [7, 11) is 0. The van der Waals surface area contributed by atoms with Crippen LogP contribution in [0, 0.1) is 85.8 Å². The number of hydrogen-bond donors (Lipinski definition) is 2. The van der Waals surface area contributed by atoms with E-state index in [1.807, 2.05) is 12.2 Å². The van der Waals surface area contributed by atoms with Crippen molar-refractivity contribution in [3.63, 3.8) is 0 Å². The maximum Gasteiger partial charge on any atom is 0.178 e. The lowest BCUT2D eigenvalue weighted by Gasteiger charge is -2.57. The van der Waals surface area contributed by atoms with Crippen molar-refractivity contribution in [3.8, 4) is 0 Å². The van der Waals surface area contributed by atoms with Crippen LogP contribution < -0.4 is 0 Å². The van der Waals surface area contributed by atoms with Crippen LogP contribution in [0.3, 0.4) is 0 Å². The normalized spacial score (nSPS) is 49.7. The predicted octanol–water partition coefficient (Wildman–Crippen LogP) is 11.5. The fourth-order valence-electron chi connectivity index (χ4n) is 18.3. The molecule has 0 aromatic carbocycles. The van der Waals surface area contributed by atoms with Crippen LogP contribution in [0.1, 0.15) is 144 Å². The fraction of sp³-hybridized carbons (Fsp3) is 0.661. The summed E-state index contributed by atoms with van der Waals surface area (Å²) in [4.78, 5) is 47.7. The summed E-state index contributed by atoms with van der Waals surface area (Å²) in [5.74, 6) is 6.24. The Bertz CT molecular complexity index is 2320. The molecule has 9 unspecified atom stereocenters. The van der Waals surface area contributed by atoms with Gasteiger partial charge in [0.15, 0.2) is 17.3 Å². The number of fused-ring (bicyclic) bond motifs is 15. The van der Waals surface area contributed by atoms with Gasteiger partial charge in [-0.2, -0.15) is 0 Å². The highest BCUT2D eigenvalue weighted by molar-refractivity contribution is 6.03. The largest absolute Gasteiger partial charge is 0.393 e. The van der Waals surface area contributed by atoms with Gasteiger partial charge < -0.3 is 10.2 Å². The Morgan fingerprint density at radius 1 is 0.477 bits per heavy atom. The second kappa shape index (κ2) is 15.5. The molecule has 348 valence electrons. The van der Waals surface area contributed by atoms with Crippen LogP contribution in [0.2, 0.25) is 0 Å². The number of aliphatic hydroxyl groups is 2. The van der Waals surface area contributed by atoms with Crippen molar-refractivity contribution in [2.45, 2.75) is 156 Å². The van der Waals surface area contributed by atoms with E-state index in [0.717, 1.165) is 106 Å². The highest BCUT2D eigenvalue weighted by Crippen LogP contribution is 2.68. The molecular formula is C59H76O6. The van der Waals surface area contributed by atoms with Gasteiger partial charge in [0, 0.05) is 28.1 Å². The Kier molecular flexibility index (Phi) is 10.8. The number of aliphatic hydroxyl groups excluding tert-OH is 2.